The fourth-order valence-corrected chi connectivity index (χ4v) is 4.53. The molecule has 5 rings (SSSR count). The number of piperazine rings is 1. The third-order valence-electron chi connectivity index (χ3n) is 6.53. The summed E-state index contributed by atoms with van der Waals surface area (Å²) in [5.74, 6) is 1.60. The maximum Gasteiger partial charge on any atom is 0.253 e. The highest BCUT2D eigenvalue weighted by Crippen LogP contribution is 2.33. The lowest BCUT2D eigenvalue weighted by atomic mass is 10.1. The van der Waals surface area contributed by atoms with Crippen molar-refractivity contribution in [3.05, 3.63) is 71.3 Å². The van der Waals surface area contributed by atoms with Crippen LogP contribution in [0, 0.1) is 20.8 Å². The summed E-state index contributed by atoms with van der Waals surface area (Å²) >= 11 is 0. The number of aryl methyl sites for hydroxylation is 3. The van der Waals surface area contributed by atoms with Crippen LogP contribution in [0.3, 0.4) is 0 Å². The van der Waals surface area contributed by atoms with Crippen molar-refractivity contribution >= 4 is 11.6 Å². The first-order valence-electron chi connectivity index (χ1n) is 12.1. The Kier molecular flexibility index (Phi) is 6.92. The Morgan fingerprint density at radius 3 is 2.33 bits per heavy atom. The van der Waals surface area contributed by atoms with E-state index in [1.54, 1.807) is 0 Å². The molecule has 1 saturated heterocycles. The molecular weight excluding hydrogens is 456 g/mol. The largest absolute Gasteiger partial charge is 0.419 e. The summed E-state index contributed by atoms with van der Waals surface area (Å²) in [4.78, 5) is 17.0. The van der Waals surface area contributed by atoms with Gasteiger partial charge in [0.25, 0.3) is 5.89 Å². The maximum absolute atomic E-state index is 12.6. The number of benzene rings is 2. The predicted molar refractivity (Wildman–Crippen MR) is 136 cm³/mol. The Morgan fingerprint density at radius 2 is 1.61 bits per heavy atom. The van der Waals surface area contributed by atoms with Gasteiger partial charge in [-0.25, -0.2) is 0 Å². The van der Waals surface area contributed by atoms with E-state index in [4.69, 9.17) is 8.94 Å². The van der Waals surface area contributed by atoms with Gasteiger partial charge in [0.15, 0.2) is 0 Å². The van der Waals surface area contributed by atoms with Crippen LogP contribution in [0.5, 0.6) is 0 Å². The monoisotopic (exact) mass is 486 g/mol. The van der Waals surface area contributed by atoms with Crippen LogP contribution >= 0.6 is 0 Å². The molecule has 3 heterocycles. The second kappa shape index (κ2) is 10.4. The molecule has 0 unspecified atom stereocenters. The molecule has 2 aromatic heterocycles. The minimum atomic E-state index is 0.0145. The van der Waals surface area contributed by atoms with Crippen LogP contribution in [0.15, 0.2) is 57.5 Å². The van der Waals surface area contributed by atoms with Gasteiger partial charge in [0, 0.05) is 37.4 Å². The molecule has 4 aromatic rings. The number of rotatable bonds is 7. The van der Waals surface area contributed by atoms with E-state index in [2.05, 4.69) is 30.5 Å². The van der Waals surface area contributed by atoms with Gasteiger partial charge in [0.2, 0.25) is 11.8 Å². The first-order chi connectivity index (χ1) is 17.5. The van der Waals surface area contributed by atoms with Gasteiger partial charge in [0.1, 0.15) is 17.0 Å². The lowest BCUT2D eigenvalue weighted by molar-refractivity contribution is -0.117. The highest BCUT2D eigenvalue weighted by Gasteiger charge is 2.24. The topological polar surface area (TPSA) is 101 Å². The van der Waals surface area contributed by atoms with E-state index in [1.807, 2.05) is 69.3 Å². The third kappa shape index (κ3) is 5.22. The second-order valence-electron chi connectivity index (χ2n) is 9.20. The van der Waals surface area contributed by atoms with Crippen molar-refractivity contribution in [2.24, 2.45) is 0 Å². The molecular formula is C27H30N6O3. The smallest absolute Gasteiger partial charge is 0.253 e. The third-order valence-corrected chi connectivity index (χ3v) is 6.53. The number of carbonyl (C=O) groups excluding carboxylic acids is 1. The first kappa shape index (κ1) is 23.9. The minimum Gasteiger partial charge on any atom is -0.419 e. The zero-order chi connectivity index (χ0) is 25.1. The average Bonchev–Trinajstić information content (AvgIpc) is 3.49. The lowest BCUT2D eigenvalue weighted by Gasteiger charge is -2.33. The van der Waals surface area contributed by atoms with E-state index in [1.165, 1.54) is 0 Å². The number of aromatic nitrogens is 3. The summed E-state index contributed by atoms with van der Waals surface area (Å²) in [7, 11) is 0. The summed E-state index contributed by atoms with van der Waals surface area (Å²) in [6.45, 7) is 10.0. The Hall–Kier alpha value is -3.82. The van der Waals surface area contributed by atoms with Gasteiger partial charge in [-0.1, -0.05) is 53.7 Å². The summed E-state index contributed by atoms with van der Waals surface area (Å²) in [6.07, 6.45) is 0. The Balaban J connectivity index is 1.16. The number of anilines is 1. The Labute approximate surface area is 210 Å². The molecule has 9 heteroatoms. The quantitative estimate of drug-likeness (QED) is 0.417. The highest BCUT2D eigenvalue weighted by atomic mass is 16.5. The van der Waals surface area contributed by atoms with E-state index < -0.39 is 0 Å². The van der Waals surface area contributed by atoms with Crippen molar-refractivity contribution in [3.63, 3.8) is 0 Å². The molecule has 1 fully saturated rings. The zero-order valence-corrected chi connectivity index (χ0v) is 20.8. The number of carbonyl (C=O) groups is 1. The van der Waals surface area contributed by atoms with E-state index >= 15 is 0 Å². The minimum absolute atomic E-state index is 0.0145. The molecule has 9 nitrogen and oxygen atoms in total. The van der Waals surface area contributed by atoms with Crippen molar-refractivity contribution < 1.29 is 13.7 Å². The molecule has 36 heavy (non-hydrogen) atoms. The zero-order valence-electron chi connectivity index (χ0n) is 20.8. The Bertz CT molecular complexity index is 1320. The van der Waals surface area contributed by atoms with Crippen LogP contribution in [0.2, 0.25) is 0 Å². The number of hydrogen-bond acceptors (Lipinski definition) is 8. The van der Waals surface area contributed by atoms with Gasteiger partial charge >= 0.3 is 0 Å². The van der Waals surface area contributed by atoms with Crippen molar-refractivity contribution in [1.82, 2.24) is 25.2 Å². The van der Waals surface area contributed by atoms with Crippen molar-refractivity contribution in [3.8, 4) is 22.7 Å². The van der Waals surface area contributed by atoms with Gasteiger partial charge < -0.3 is 14.3 Å². The van der Waals surface area contributed by atoms with E-state index in [0.717, 1.165) is 54.1 Å². The molecule has 0 spiro atoms. The van der Waals surface area contributed by atoms with E-state index in [-0.39, 0.29) is 5.91 Å². The van der Waals surface area contributed by atoms with Crippen LogP contribution in [-0.2, 0) is 11.3 Å². The van der Waals surface area contributed by atoms with E-state index in [0.29, 0.717) is 36.3 Å². The normalized spacial score (nSPS) is 14.8. The molecule has 1 aliphatic rings. The molecule has 0 radical (unpaired) electrons. The fourth-order valence-electron chi connectivity index (χ4n) is 4.53. The summed E-state index contributed by atoms with van der Waals surface area (Å²) < 4.78 is 11.4. The standard InChI is InChI=1S/C27H30N6O3/c1-18-8-7-9-19(2)25(18)28-22(34)16-32-12-14-33(15-13-32)17-23-29-30-27(35-23)24-20(3)36-31-26(24)21-10-5-4-6-11-21/h4-11H,12-17H2,1-3H3,(H,28,34). The van der Waals surface area contributed by atoms with Crippen LogP contribution in [0.25, 0.3) is 22.7 Å². The summed E-state index contributed by atoms with van der Waals surface area (Å²) in [6, 6.07) is 15.8. The van der Waals surface area contributed by atoms with E-state index in [9.17, 15) is 4.79 Å². The molecule has 0 bridgehead atoms. The van der Waals surface area contributed by atoms with Gasteiger partial charge in [-0.05, 0) is 31.9 Å². The van der Waals surface area contributed by atoms with Crippen molar-refractivity contribution in [1.29, 1.82) is 0 Å². The Morgan fingerprint density at radius 1 is 0.917 bits per heavy atom. The highest BCUT2D eigenvalue weighted by molar-refractivity contribution is 5.93. The summed E-state index contributed by atoms with van der Waals surface area (Å²) in [5.41, 5.74) is 5.40. The van der Waals surface area contributed by atoms with Crippen molar-refractivity contribution in [2.75, 3.05) is 38.0 Å². The van der Waals surface area contributed by atoms with Crippen LogP contribution < -0.4 is 5.32 Å². The van der Waals surface area contributed by atoms with Gasteiger partial charge in [-0.2, -0.15) is 0 Å². The maximum atomic E-state index is 12.6. The molecule has 1 aliphatic heterocycles. The van der Waals surface area contributed by atoms with Crippen LogP contribution in [-0.4, -0.2) is 63.8 Å². The second-order valence-corrected chi connectivity index (χ2v) is 9.20. The van der Waals surface area contributed by atoms with Gasteiger partial charge in [0.05, 0.1) is 13.1 Å². The SMILES string of the molecule is Cc1cccc(C)c1NC(=O)CN1CCN(Cc2nnc(-c3c(-c4ccccc4)noc3C)o2)CC1. The predicted octanol–water partition coefficient (Wildman–Crippen LogP) is 4.07. The first-order valence-corrected chi connectivity index (χ1v) is 12.1. The number of amides is 1. The van der Waals surface area contributed by atoms with Crippen LogP contribution in [0.4, 0.5) is 5.69 Å². The number of para-hydroxylation sites is 1. The summed E-state index contributed by atoms with van der Waals surface area (Å²) in [5, 5.41) is 15.8. The fraction of sp³-hybridized carbons (Fsp3) is 0.333. The molecule has 0 aliphatic carbocycles. The van der Waals surface area contributed by atoms with Gasteiger partial charge in [-0.15, -0.1) is 10.2 Å². The average molecular weight is 487 g/mol. The molecule has 1 amide bonds. The molecule has 186 valence electrons. The number of hydrogen-bond donors (Lipinski definition) is 1. The number of nitrogens with one attached hydrogen (secondary N) is 1. The van der Waals surface area contributed by atoms with Gasteiger partial charge in [-0.3, -0.25) is 14.6 Å². The lowest BCUT2D eigenvalue weighted by Crippen LogP contribution is -2.48. The molecule has 0 saturated carbocycles. The molecule has 2 aromatic carbocycles. The molecule has 1 N–H and O–H groups in total. The number of nitrogens with zero attached hydrogens (tertiary/aromatic N) is 5. The van der Waals surface area contributed by atoms with Crippen molar-refractivity contribution in [2.45, 2.75) is 27.3 Å². The van der Waals surface area contributed by atoms with Crippen LogP contribution in [0.1, 0.15) is 22.8 Å². The molecule has 0 atom stereocenters.